The molecule has 2 heterocycles. The highest BCUT2D eigenvalue weighted by atomic mass is 16.5. The molecule has 3 amide bonds. The quantitative estimate of drug-likeness (QED) is 0.618. The number of fused-ring (bicyclic) bond motifs is 1. The van der Waals surface area contributed by atoms with Gasteiger partial charge in [-0.15, -0.1) is 0 Å². The van der Waals surface area contributed by atoms with Crippen molar-refractivity contribution in [3.63, 3.8) is 0 Å². The number of carbonyl (C=O) groups excluding carboxylic acids is 2. The molecule has 2 aromatic rings. The molecule has 10 nitrogen and oxygen atoms in total. The van der Waals surface area contributed by atoms with E-state index in [1.807, 2.05) is 0 Å². The lowest BCUT2D eigenvalue weighted by atomic mass is 10.0. The number of ether oxygens (including phenoxy) is 2. The fourth-order valence-electron chi connectivity index (χ4n) is 4.75. The maximum Gasteiger partial charge on any atom is 0.323 e. The summed E-state index contributed by atoms with van der Waals surface area (Å²) in [5, 5.41) is 9.44. The van der Waals surface area contributed by atoms with Crippen molar-refractivity contribution in [2.24, 2.45) is 11.8 Å². The van der Waals surface area contributed by atoms with Crippen LogP contribution in [-0.2, 0) is 4.74 Å². The molecule has 10 heteroatoms. The van der Waals surface area contributed by atoms with E-state index >= 15 is 0 Å². The van der Waals surface area contributed by atoms with Gasteiger partial charge in [0.15, 0.2) is 5.76 Å². The molecule has 202 valence electrons. The minimum atomic E-state index is -0.438. The molecule has 0 saturated heterocycles. The number of nitrogens with zero attached hydrogens (tertiary/aromatic N) is 3. The predicted octanol–water partition coefficient (Wildman–Crippen LogP) is 4.15. The van der Waals surface area contributed by atoms with Crippen molar-refractivity contribution in [2.45, 2.75) is 52.7 Å². The molecule has 1 fully saturated rings. The first-order valence-corrected chi connectivity index (χ1v) is 13.0. The molecule has 3 atom stereocenters. The lowest BCUT2D eigenvalue weighted by molar-refractivity contribution is 0.00994. The Hall–Kier alpha value is -3.11. The first-order chi connectivity index (χ1) is 17.7. The molecule has 37 heavy (non-hydrogen) atoms. The van der Waals surface area contributed by atoms with Crippen molar-refractivity contribution in [3.05, 3.63) is 35.2 Å². The summed E-state index contributed by atoms with van der Waals surface area (Å²) in [5.41, 5.74) is 2.08. The summed E-state index contributed by atoms with van der Waals surface area (Å²) in [7, 11) is 3.49. The lowest BCUT2D eigenvalue weighted by Gasteiger charge is -2.36. The molecule has 1 aliphatic heterocycles. The van der Waals surface area contributed by atoms with Crippen LogP contribution in [0.1, 0.15) is 48.5 Å². The molecule has 1 saturated carbocycles. The van der Waals surface area contributed by atoms with Gasteiger partial charge in [-0.1, -0.05) is 12.1 Å². The Balaban J connectivity index is 1.57. The Morgan fingerprint density at radius 2 is 1.95 bits per heavy atom. The molecule has 1 aromatic heterocycles. The van der Waals surface area contributed by atoms with E-state index in [2.05, 4.69) is 34.5 Å². The largest absolute Gasteiger partial charge is 0.491 e. The van der Waals surface area contributed by atoms with E-state index in [0.717, 1.165) is 19.0 Å². The number of amides is 3. The van der Waals surface area contributed by atoms with Gasteiger partial charge in [0, 0.05) is 51.6 Å². The molecule has 2 aliphatic rings. The lowest BCUT2D eigenvalue weighted by Crippen LogP contribution is -2.47. The van der Waals surface area contributed by atoms with Gasteiger partial charge in [0.2, 0.25) is 0 Å². The van der Waals surface area contributed by atoms with Crippen LogP contribution in [0.5, 0.6) is 5.75 Å². The average Bonchev–Trinajstić information content (AvgIpc) is 3.64. The second-order valence-corrected chi connectivity index (χ2v) is 10.5. The molecule has 0 bridgehead atoms. The number of hydrogen-bond acceptors (Lipinski definition) is 7. The van der Waals surface area contributed by atoms with Gasteiger partial charge in [-0.2, -0.15) is 0 Å². The van der Waals surface area contributed by atoms with Crippen LogP contribution in [0.25, 0.3) is 0 Å². The van der Waals surface area contributed by atoms with E-state index in [0.29, 0.717) is 47.3 Å². The van der Waals surface area contributed by atoms with Gasteiger partial charge in [-0.05, 0) is 57.6 Å². The van der Waals surface area contributed by atoms with Crippen LogP contribution < -0.4 is 15.4 Å². The fourth-order valence-corrected chi connectivity index (χ4v) is 4.75. The second-order valence-electron chi connectivity index (χ2n) is 10.5. The molecule has 1 aliphatic carbocycles. The van der Waals surface area contributed by atoms with E-state index in [4.69, 9.17) is 14.0 Å². The van der Waals surface area contributed by atoms with Gasteiger partial charge >= 0.3 is 6.03 Å². The van der Waals surface area contributed by atoms with Gasteiger partial charge in [0.25, 0.3) is 5.91 Å². The predicted molar refractivity (Wildman–Crippen MR) is 141 cm³/mol. The van der Waals surface area contributed by atoms with Crippen molar-refractivity contribution >= 4 is 23.3 Å². The van der Waals surface area contributed by atoms with Crippen LogP contribution >= 0.6 is 0 Å². The summed E-state index contributed by atoms with van der Waals surface area (Å²) in [6, 6.07) is 4.82. The summed E-state index contributed by atoms with van der Waals surface area (Å²) >= 11 is 0. The van der Waals surface area contributed by atoms with E-state index in [1.165, 1.54) is 12.8 Å². The van der Waals surface area contributed by atoms with Crippen molar-refractivity contribution in [2.75, 3.05) is 51.0 Å². The summed E-state index contributed by atoms with van der Waals surface area (Å²) in [5.74, 6) is 1.80. The number of benzene rings is 1. The van der Waals surface area contributed by atoms with Crippen LogP contribution in [0, 0.1) is 25.7 Å². The monoisotopic (exact) mass is 513 g/mol. The van der Waals surface area contributed by atoms with E-state index < -0.39 is 6.03 Å². The third-order valence-electron chi connectivity index (χ3n) is 7.30. The van der Waals surface area contributed by atoms with E-state index in [9.17, 15) is 9.59 Å². The second kappa shape index (κ2) is 11.5. The molecule has 4 rings (SSSR count). The number of aryl methyl sites for hydroxylation is 2. The van der Waals surface area contributed by atoms with Crippen LogP contribution in [0.15, 0.2) is 22.7 Å². The summed E-state index contributed by atoms with van der Waals surface area (Å²) in [4.78, 5) is 30.2. The van der Waals surface area contributed by atoms with Gasteiger partial charge in [0.1, 0.15) is 23.7 Å². The molecule has 0 radical (unpaired) electrons. The van der Waals surface area contributed by atoms with Gasteiger partial charge < -0.3 is 29.5 Å². The maximum absolute atomic E-state index is 13.4. The number of aromatic nitrogens is 1. The highest BCUT2D eigenvalue weighted by molar-refractivity contribution is 6.02. The number of hydrogen-bond donors (Lipinski definition) is 2. The number of urea groups is 1. The third kappa shape index (κ3) is 6.61. The summed E-state index contributed by atoms with van der Waals surface area (Å²) < 4.78 is 17.2. The smallest absolute Gasteiger partial charge is 0.323 e. The zero-order valence-corrected chi connectivity index (χ0v) is 22.7. The first-order valence-electron chi connectivity index (χ1n) is 13.0. The summed E-state index contributed by atoms with van der Waals surface area (Å²) in [6.45, 7) is 10.6. The molecule has 2 N–H and O–H groups in total. The molecular weight excluding hydrogens is 474 g/mol. The topological polar surface area (TPSA) is 109 Å². The number of nitrogens with one attached hydrogen (secondary N) is 2. The molecule has 0 unspecified atom stereocenters. The van der Waals surface area contributed by atoms with Crippen molar-refractivity contribution in [1.29, 1.82) is 0 Å². The fraction of sp³-hybridized carbons (Fsp3) is 0.593. The van der Waals surface area contributed by atoms with Crippen molar-refractivity contribution in [1.82, 2.24) is 15.0 Å². The van der Waals surface area contributed by atoms with Crippen molar-refractivity contribution in [3.8, 4) is 5.75 Å². The molecule has 1 aromatic carbocycles. The number of anilines is 2. The zero-order chi connectivity index (χ0) is 26.7. The minimum Gasteiger partial charge on any atom is -0.491 e. The van der Waals surface area contributed by atoms with Crippen molar-refractivity contribution < 1.29 is 23.6 Å². The number of carbonyl (C=O) groups is 2. The van der Waals surface area contributed by atoms with Crippen LogP contribution in [-0.4, -0.2) is 79.4 Å². The number of likely N-dealkylation sites (N-methyl/N-ethyl adjacent to an activating group) is 1. The highest BCUT2D eigenvalue weighted by Gasteiger charge is 2.31. The Morgan fingerprint density at radius 3 is 2.59 bits per heavy atom. The van der Waals surface area contributed by atoms with Gasteiger partial charge in [0.05, 0.1) is 11.7 Å². The molecule has 0 spiro atoms. The van der Waals surface area contributed by atoms with E-state index in [1.54, 1.807) is 51.1 Å². The third-order valence-corrected chi connectivity index (χ3v) is 7.30. The Morgan fingerprint density at radius 1 is 1.19 bits per heavy atom. The average molecular weight is 514 g/mol. The van der Waals surface area contributed by atoms with Crippen LogP contribution in [0.2, 0.25) is 0 Å². The Kier molecular flexibility index (Phi) is 8.39. The molecular formula is C27H39N5O5. The number of methoxy groups -OCH3 is 1. The zero-order valence-electron chi connectivity index (χ0n) is 22.7. The Labute approximate surface area is 218 Å². The Bertz CT molecular complexity index is 1100. The van der Waals surface area contributed by atoms with E-state index in [-0.39, 0.29) is 24.0 Å². The van der Waals surface area contributed by atoms with Crippen LogP contribution in [0.4, 0.5) is 16.2 Å². The van der Waals surface area contributed by atoms with Gasteiger partial charge in [-0.25, -0.2) is 4.79 Å². The normalized spacial score (nSPS) is 23.5. The first kappa shape index (κ1) is 26.9. The maximum atomic E-state index is 13.4. The SMILES string of the molecule is CO[C@H]1CN(C)C(=O)c2ccc(NC(=O)Nc3c(C)noc3C)cc2OC[C@H](C)N(CC2CC2)C[C@@H]1C. The van der Waals surface area contributed by atoms with Crippen LogP contribution in [0.3, 0.4) is 0 Å². The minimum absolute atomic E-state index is 0.0828. The number of rotatable bonds is 5. The summed E-state index contributed by atoms with van der Waals surface area (Å²) in [6.07, 6.45) is 2.47. The standard InChI is InChI=1S/C27H39N5O5/c1-16-12-32(13-20-7-8-20)17(2)15-36-23-11-21(28-27(34)29-25-18(3)30-37-19(25)4)9-10-22(23)26(33)31(5)14-24(16)35-6/h9-11,16-17,20,24H,7-8,12-15H2,1-6H3,(H2,28,29,34)/t16-,17-,24-/m0/s1. The van der Waals surface area contributed by atoms with Gasteiger partial charge in [-0.3, -0.25) is 9.69 Å². The highest BCUT2D eigenvalue weighted by Crippen LogP contribution is 2.32.